The summed E-state index contributed by atoms with van der Waals surface area (Å²) >= 11 is 0. The molecule has 1 rings (SSSR count). The lowest BCUT2D eigenvalue weighted by molar-refractivity contribution is -0.133. The number of hydrogen-bond donors (Lipinski definition) is 1. The molecule has 0 spiro atoms. The smallest absolute Gasteiger partial charge is 0.222 e. The SMILES string of the molecule is CCC(C)N1CCN(C(=O)CCC(C)N)CC1. The van der Waals surface area contributed by atoms with Crippen molar-refractivity contribution in [3.63, 3.8) is 0 Å². The van der Waals surface area contributed by atoms with Crippen LogP contribution in [0.2, 0.25) is 0 Å². The molecule has 100 valence electrons. The number of amides is 1. The van der Waals surface area contributed by atoms with Crippen LogP contribution in [-0.2, 0) is 4.79 Å². The zero-order valence-corrected chi connectivity index (χ0v) is 11.5. The van der Waals surface area contributed by atoms with Gasteiger partial charge in [0.1, 0.15) is 0 Å². The summed E-state index contributed by atoms with van der Waals surface area (Å²) in [6.07, 6.45) is 2.57. The summed E-state index contributed by atoms with van der Waals surface area (Å²) in [6.45, 7) is 10.2. The molecule has 2 unspecified atom stereocenters. The van der Waals surface area contributed by atoms with E-state index in [0.717, 1.165) is 32.6 Å². The maximum Gasteiger partial charge on any atom is 0.222 e. The first-order chi connectivity index (χ1) is 8.04. The van der Waals surface area contributed by atoms with E-state index in [1.54, 1.807) is 0 Å². The minimum absolute atomic E-state index is 0.125. The van der Waals surface area contributed by atoms with E-state index in [4.69, 9.17) is 5.73 Å². The summed E-state index contributed by atoms with van der Waals surface area (Å²) in [5, 5.41) is 0. The van der Waals surface area contributed by atoms with Crippen molar-refractivity contribution in [2.45, 2.75) is 52.1 Å². The molecule has 1 aliphatic rings. The Bertz CT molecular complexity index is 235. The summed E-state index contributed by atoms with van der Waals surface area (Å²) in [5.41, 5.74) is 5.67. The summed E-state index contributed by atoms with van der Waals surface area (Å²) in [6, 6.07) is 0.761. The molecular formula is C13H27N3O. The van der Waals surface area contributed by atoms with Crippen LogP contribution in [0.4, 0.5) is 0 Å². The standard InChI is InChI=1S/C13H27N3O/c1-4-12(3)15-7-9-16(10-8-15)13(17)6-5-11(2)14/h11-12H,4-10,14H2,1-3H3. The van der Waals surface area contributed by atoms with Crippen LogP contribution in [0.5, 0.6) is 0 Å². The van der Waals surface area contributed by atoms with Crippen molar-refractivity contribution in [3.05, 3.63) is 0 Å². The lowest BCUT2D eigenvalue weighted by Crippen LogP contribution is -2.51. The fourth-order valence-corrected chi connectivity index (χ4v) is 2.18. The Morgan fingerprint density at radius 1 is 1.24 bits per heavy atom. The second-order valence-electron chi connectivity index (χ2n) is 5.19. The molecule has 1 heterocycles. The second kappa shape index (κ2) is 6.97. The van der Waals surface area contributed by atoms with E-state index >= 15 is 0 Å². The molecule has 1 saturated heterocycles. The highest BCUT2D eigenvalue weighted by molar-refractivity contribution is 5.76. The average Bonchev–Trinajstić information content (AvgIpc) is 2.35. The molecule has 4 nitrogen and oxygen atoms in total. The van der Waals surface area contributed by atoms with Gasteiger partial charge in [0.05, 0.1) is 0 Å². The highest BCUT2D eigenvalue weighted by Gasteiger charge is 2.22. The van der Waals surface area contributed by atoms with Crippen LogP contribution < -0.4 is 5.73 Å². The van der Waals surface area contributed by atoms with Crippen LogP contribution in [0, 0.1) is 0 Å². The molecule has 0 aliphatic carbocycles. The Morgan fingerprint density at radius 3 is 2.29 bits per heavy atom. The quantitative estimate of drug-likeness (QED) is 0.783. The second-order valence-corrected chi connectivity index (χ2v) is 5.19. The van der Waals surface area contributed by atoms with Gasteiger partial charge in [-0.25, -0.2) is 0 Å². The van der Waals surface area contributed by atoms with E-state index in [1.807, 2.05) is 11.8 Å². The zero-order valence-electron chi connectivity index (χ0n) is 11.5. The van der Waals surface area contributed by atoms with Gasteiger partial charge in [-0.15, -0.1) is 0 Å². The minimum Gasteiger partial charge on any atom is -0.340 e. The van der Waals surface area contributed by atoms with Gasteiger partial charge >= 0.3 is 0 Å². The first kappa shape index (κ1) is 14.5. The number of nitrogens with two attached hydrogens (primary N) is 1. The highest BCUT2D eigenvalue weighted by atomic mass is 16.2. The number of carbonyl (C=O) groups is 1. The molecule has 0 bridgehead atoms. The maximum absolute atomic E-state index is 11.9. The summed E-state index contributed by atoms with van der Waals surface area (Å²) < 4.78 is 0. The minimum atomic E-state index is 0.125. The first-order valence-electron chi connectivity index (χ1n) is 6.82. The Hall–Kier alpha value is -0.610. The van der Waals surface area contributed by atoms with Crippen molar-refractivity contribution in [2.75, 3.05) is 26.2 Å². The van der Waals surface area contributed by atoms with Gasteiger partial charge in [0.15, 0.2) is 0 Å². The van der Waals surface area contributed by atoms with Crippen LogP contribution in [-0.4, -0.2) is 54.0 Å². The third-order valence-electron chi connectivity index (χ3n) is 3.69. The zero-order chi connectivity index (χ0) is 12.8. The molecule has 0 radical (unpaired) electrons. The van der Waals surface area contributed by atoms with Gasteiger partial charge in [-0.2, -0.15) is 0 Å². The Balaban J connectivity index is 2.28. The Kier molecular flexibility index (Phi) is 5.92. The molecular weight excluding hydrogens is 214 g/mol. The number of hydrogen-bond acceptors (Lipinski definition) is 3. The topological polar surface area (TPSA) is 49.6 Å². The molecule has 1 fully saturated rings. The molecule has 0 saturated carbocycles. The van der Waals surface area contributed by atoms with Crippen molar-refractivity contribution in [1.29, 1.82) is 0 Å². The molecule has 0 aromatic carbocycles. The third kappa shape index (κ3) is 4.64. The van der Waals surface area contributed by atoms with Crippen LogP contribution in [0.1, 0.15) is 40.0 Å². The van der Waals surface area contributed by atoms with Crippen molar-refractivity contribution in [1.82, 2.24) is 9.80 Å². The van der Waals surface area contributed by atoms with Gasteiger partial charge in [0.25, 0.3) is 0 Å². The van der Waals surface area contributed by atoms with Gasteiger partial charge in [-0.3, -0.25) is 9.69 Å². The molecule has 2 atom stereocenters. The number of nitrogens with zero attached hydrogens (tertiary/aromatic N) is 2. The van der Waals surface area contributed by atoms with E-state index in [0.29, 0.717) is 12.5 Å². The Morgan fingerprint density at radius 2 is 1.82 bits per heavy atom. The van der Waals surface area contributed by atoms with Crippen molar-refractivity contribution >= 4 is 5.91 Å². The molecule has 1 aliphatic heterocycles. The predicted octanol–water partition coefficient (Wildman–Crippen LogP) is 1.06. The van der Waals surface area contributed by atoms with E-state index in [2.05, 4.69) is 18.7 Å². The molecule has 1 amide bonds. The fraction of sp³-hybridized carbons (Fsp3) is 0.923. The van der Waals surface area contributed by atoms with Crippen LogP contribution in [0.15, 0.2) is 0 Å². The monoisotopic (exact) mass is 241 g/mol. The largest absolute Gasteiger partial charge is 0.340 e. The van der Waals surface area contributed by atoms with E-state index in [-0.39, 0.29) is 11.9 Å². The fourth-order valence-electron chi connectivity index (χ4n) is 2.18. The van der Waals surface area contributed by atoms with Crippen LogP contribution >= 0.6 is 0 Å². The van der Waals surface area contributed by atoms with Gasteiger partial charge < -0.3 is 10.6 Å². The molecule has 2 N–H and O–H groups in total. The van der Waals surface area contributed by atoms with Gasteiger partial charge in [0.2, 0.25) is 5.91 Å². The summed E-state index contributed by atoms with van der Waals surface area (Å²) in [4.78, 5) is 16.4. The third-order valence-corrected chi connectivity index (χ3v) is 3.69. The van der Waals surface area contributed by atoms with E-state index in [1.165, 1.54) is 6.42 Å². The van der Waals surface area contributed by atoms with Crippen LogP contribution in [0.25, 0.3) is 0 Å². The summed E-state index contributed by atoms with van der Waals surface area (Å²) in [5.74, 6) is 0.270. The van der Waals surface area contributed by atoms with Crippen molar-refractivity contribution < 1.29 is 4.79 Å². The molecule has 4 heteroatoms. The van der Waals surface area contributed by atoms with Crippen molar-refractivity contribution in [3.8, 4) is 0 Å². The highest BCUT2D eigenvalue weighted by Crippen LogP contribution is 2.10. The average molecular weight is 241 g/mol. The number of carbonyl (C=O) groups excluding carboxylic acids is 1. The molecule has 17 heavy (non-hydrogen) atoms. The van der Waals surface area contributed by atoms with E-state index in [9.17, 15) is 4.79 Å². The normalized spacial score (nSPS) is 21.3. The lowest BCUT2D eigenvalue weighted by atomic mass is 10.1. The number of piperazine rings is 1. The Labute approximate surface area is 105 Å². The van der Waals surface area contributed by atoms with Gasteiger partial charge in [-0.1, -0.05) is 6.92 Å². The predicted molar refractivity (Wildman–Crippen MR) is 70.8 cm³/mol. The van der Waals surface area contributed by atoms with Crippen molar-refractivity contribution in [2.24, 2.45) is 5.73 Å². The van der Waals surface area contributed by atoms with Gasteiger partial charge in [-0.05, 0) is 26.7 Å². The first-order valence-corrected chi connectivity index (χ1v) is 6.82. The lowest BCUT2D eigenvalue weighted by Gasteiger charge is -2.38. The summed E-state index contributed by atoms with van der Waals surface area (Å²) in [7, 11) is 0. The van der Waals surface area contributed by atoms with E-state index < -0.39 is 0 Å². The number of rotatable bonds is 5. The molecule has 0 aromatic heterocycles. The molecule has 0 aromatic rings. The maximum atomic E-state index is 11.9. The van der Waals surface area contributed by atoms with Crippen LogP contribution in [0.3, 0.4) is 0 Å². The van der Waals surface area contributed by atoms with Gasteiger partial charge in [0, 0.05) is 44.7 Å².